The van der Waals surface area contributed by atoms with Gasteiger partial charge in [0.15, 0.2) is 12.2 Å². The number of ether oxygens (including phenoxy) is 2. The van der Waals surface area contributed by atoms with Crippen molar-refractivity contribution < 1.29 is 19.1 Å². The first-order valence-corrected chi connectivity index (χ1v) is 13.2. The van der Waals surface area contributed by atoms with Gasteiger partial charge in [0.1, 0.15) is 0 Å². The van der Waals surface area contributed by atoms with Crippen LogP contribution in [0.1, 0.15) is 69.2 Å². The molecule has 7 rings (SSSR count). The molecule has 4 aromatic rings. The smallest absolute Gasteiger partial charge is 0.338 e. The van der Waals surface area contributed by atoms with E-state index in [0.29, 0.717) is 11.1 Å². The molecular weight excluding hydrogens is 472 g/mol. The standard InChI is InChI=1S/C34H30O4/c1-22(2)21-34-27-19-11-9-17-25(27)29(26-18-10-12-20-28(26)34)30(37-32(35)23-13-5-3-6-14-23)31(34)38-33(36)24-15-7-4-8-16-24/h3-20,22,29-31H,21H2,1-2H3. The van der Waals surface area contributed by atoms with E-state index in [0.717, 1.165) is 28.7 Å². The number of fused-ring (bicyclic) bond motifs is 1. The number of hydrogen-bond acceptors (Lipinski definition) is 4. The van der Waals surface area contributed by atoms with Crippen molar-refractivity contribution in [1.82, 2.24) is 0 Å². The molecule has 2 bridgehead atoms. The van der Waals surface area contributed by atoms with Crippen molar-refractivity contribution in [3.05, 3.63) is 143 Å². The lowest BCUT2D eigenvalue weighted by molar-refractivity contribution is -0.0800. The Morgan fingerprint density at radius 1 is 0.658 bits per heavy atom. The van der Waals surface area contributed by atoms with Crippen LogP contribution >= 0.6 is 0 Å². The minimum absolute atomic E-state index is 0.252. The predicted molar refractivity (Wildman–Crippen MR) is 146 cm³/mol. The highest BCUT2D eigenvalue weighted by Gasteiger charge is 2.62. The number of hydrogen-bond donors (Lipinski definition) is 0. The normalized spacial score (nSPS) is 22.9. The number of esters is 2. The fourth-order valence-corrected chi connectivity index (χ4v) is 6.58. The molecule has 0 N–H and O–H groups in total. The molecule has 38 heavy (non-hydrogen) atoms. The van der Waals surface area contributed by atoms with E-state index in [9.17, 15) is 9.59 Å². The summed E-state index contributed by atoms with van der Waals surface area (Å²) in [6.45, 7) is 4.36. The minimum atomic E-state index is -0.694. The summed E-state index contributed by atoms with van der Waals surface area (Å²) >= 11 is 0. The van der Waals surface area contributed by atoms with Crippen molar-refractivity contribution in [2.24, 2.45) is 5.92 Å². The van der Waals surface area contributed by atoms with E-state index in [-0.39, 0.29) is 11.8 Å². The van der Waals surface area contributed by atoms with Gasteiger partial charge in [0.2, 0.25) is 0 Å². The summed E-state index contributed by atoms with van der Waals surface area (Å²) in [4.78, 5) is 27.1. The highest BCUT2D eigenvalue weighted by Crippen LogP contribution is 2.60. The average Bonchev–Trinajstić information content (AvgIpc) is 2.95. The molecule has 4 aromatic carbocycles. The molecule has 2 atom stereocenters. The number of carbonyl (C=O) groups is 2. The average molecular weight is 503 g/mol. The van der Waals surface area contributed by atoms with Crippen LogP contribution in [-0.2, 0) is 14.9 Å². The lowest BCUT2D eigenvalue weighted by Crippen LogP contribution is -2.61. The van der Waals surface area contributed by atoms with Crippen LogP contribution in [0.25, 0.3) is 0 Å². The summed E-state index contributed by atoms with van der Waals surface area (Å²) < 4.78 is 12.8. The fourth-order valence-electron chi connectivity index (χ4n) is 6.58. The third kappa shape index (κ3) is 3.83. The van der Waals surface area contributed by atoms with Gasteiger partial charge in [0, 0.05) is 0 Å². The summed E-state index contributed by atoms with van der Waals surface area (Å²) in [5.41, 5.74) is 4.84. The van der Waals surface area contributed by atoms with Gasteiger partial charge < -0.3 is 9.47 Å². The Bertz CT molecular complexity index is 1430. The molecule has 0 spiro atoms. The Morgan fingerprint density at radius 3 is 1.61 bits per heavy atom. The van der Waals surface area contributed by atoms with E-state index in [2.05, 4.69) is 38.1 Å². The summed E-state index contributed by atoms with van der Waals surface area (Å²) in [7, 11) is 0. The van der Waals surface area contributed by atoms with Crippen molar-refractivity contribution in [2.75, 3.05) is 0 Å². The predicted octanol–water partition coefficient (Wildman–Crippen LogP) is 6.93. The number of benzene rings is 4. The molecule has 0 saturated heterocycles. The van der Waals surface area contributed by atoms with Crippen LogP contribution in [-0.4, -0.2) is 24.1 Å². The van der Waals surface area contributed by atoms with Crippen LogP contribution in [0.5, 0.6) is 0 Å². The van der Waals surface area contributed by atoms with Gasteiger partial charge in [0.25, 0.3) is 0 Å². The topological polar surface area (TPSA) is 52.6 Å². The van der Waals surface area contributed by atoms with Crippen LogP contribution in [0.3, 0.4) is 0 Å². The molecule has 4 heteroatoms. The summed E-state index contributed by atoms with van der Waals surface area (Å²) in [5, 5.41) is 0. The van der Waals surface area contributed by atoms with Crippen molar-refractivity contribution in [2.45, 2.75) is 43.8 Å². The Kier molecular flexibility index (Phi) is 6.11. The van der Waals surface area contributed by atoms with Crippen molar-refractivity contribution in [1.29, 1.82) is 0 Å². The molecule has 3 aliphatic carbocycles. The van der Waals surface area contributed by atoms with Crippen LogP contribution < -0.4 is 0 Å². The first-order chi connectivity index (χ1) is 18.5. The lowest BCUT2D eigenvalue weighted by atomic mass is 9.50. The molecule has 2 unspecified atom stereocenters. The molecule has 0 fully saturated rings. The highest BCUT2D eigenvalue weighted by atomic mass is 16.6. The molecule has 0 aliphatic heterocycles. The number of carbonyl (C=O) groups excluding carboxylic acids is 2. The summed E-state index contributed by atoms with van der Waals surface area (Å²) in [6, 6.07) is 34.8. The van der Waals surface area contributed by atoms with Crippen LogP contribution in [0.2, 0.25) is 0 Å². The van der Waals surface area contributed by atoms with Gasteiger partial charge >= 0.3 is 11.9 Å². The van der Waals surface area contributed by atoms with Gasteiger partial charge in [-0.15, -0.1) is 0 Å². The zero-order valence-corrected chi connectivity index (χ0v) is 21.5. The third-order valence-electron chi connectivity index (χ3n) is 7.89. The second-order valence-electron chi connectivity index (χ2n) is 10.6. The fraction of sp³-hybridized carbons (Fsp3) is 0.235. The monoisotopic (exact) mass is 502 g/mol. The highest BCUT2D eigenvalue weighted by molar-refractivity contribution is 5.91. The molecule has 3 aliphatic rings. The molecule has 190 valence electrons. The van der Waals surface area contributed by atoms with Crippen molar-refractivity contribution in [3.63, 3.8) is 0 Å². The zero-order chi connectivity index (χ0) is 26.3. The maximum Gasteiger partial charge on any atom is 0.338 e. The molecule has 0 aromatic heterocycles. The second-order valence-corrected chi connectivity index (χ2v) is 10.6. The zero-order valence-electron chi connectivity index (χ0n) is 21.5. The van der Waals surface area contributed by atoms with Gasteiger partial charge in [0.05, 0.1) is 22.5 Å². The van der Waals surface area contributed by atoms with E-state index in [1.165, 1.54) is 0 Å². The van der Waals surface area contributed by atoms with Gasteiger partial charge in [-0.05, 0) is 58.9 Å². The first-order valence-electron chi connectivity index (χ1n) is 13.2. The summed E-state index contributed by atoms with van der Waals surface area (Å²) in [5.74, 6) is -0.799. The van der Waals surface area contributed by atoms with Gasteiger partial charge in [-0.1, -0.05) is 98.8 Å². The minimum Gasteiger partial charge on any atom is -0.454 e. The van der Waals surface area contributed by atoms with E-state index >= 15 is 0 Å². The molecule has 4 nitrogen and oxygen atoms in total. The number of rotatable bonds is 6. The summed E-state index contributed by atoms with van der Waals surface area (Å²) in [6.07, 6.45) is -0.640. The van der Waals surface area contributed by atoms with Gasteiger partial charge in [-0.25, -0.2) is 9.59 Å². The Labute approximate surface area is 223 Å². The Morgan fingerprint density at radius 2 is 1.11 bits per heavy atom. The van der Waals surface area contributed by atoms with E-state index in [1.54, 1.807) is 24.3 Å². The van der Waals surface area contributed by atoms with Crippen LogP contribution in [0.4, 0.5) is 0 Å². The van der Waals surface area contributed by atoms with Crippen LogP contribution in [0.15, 0.2) is 109 Å². The van der Waals surface area contributed by atoms with Crippen molar-refractivity contribution in [3.8, 4) is 0 Å². The maximum atomic E-state index is 13.6. The third-order valence-corrected chi connectivity index (χ3v) is 7.89. The maximum absolute atomic E-state index is 13.6. The van der Waals surface area contributed by atoms with Gasteiger partial charge in [-0.2, -0.15) is 0 Å². The molecule has 0 saturated carbocycles. The lowest BCUT2D eigenvalue weighted by Gasteiger charge is -2.56. The SMILES string of the molecule is CC(C)CC12c3ccccc3C(c3ccccc31)C(OC(=O)c1ccccc1)C2OC(=O)c1ccccc1. The Hall–Kier alpha value is -4.18. The molecule has 0 amide bonds. The van der Waals surface area contributed by atoms with E-state index in [1.807, 2.05) is 60.7 Å². The van der Waals surface area contributed by atoms with Crippen molar-refractivity contribution >= 4 is 11.9 Å². The molecule has 0 radical (unpaired) electrons. The first kappa shape index (κ1) is 24.2. The van der Waals surface area contributed by atoms with Crippen LogP contribution in [0, 0.1) is 5.92 Å². The van der Waals surface area contributed by atoms with Gasteiger partial charge in [-0.3, -0.25) is 0 Å². The Balaban J connectivity index is 1.55. The molecule has 0 heterocycles. The molecular formula is C34H30O4. The largest absolute Gasteiger partial charge is 0.454 e. The quantitative estimate of drug-likeness (QED) is 0.268. The second kappa shape index (κ2) is 9.60. The van der Waals surface area contributed by atoms with E-state index < -0.39 is 29.6 Å². The van der Waals surface area contributed by atoms with E-state index in [4.69, 9.17) is 9.47 Å².